The van der Waals surface area contributed by atoms with Crippen LogP contribution in [0.3, 0.4) is 0 Å². The van der Waals surface area contributed by atoms with Crippen LogP contribution in [0.15, 0.2) is 0 Å². The van der Waals surface area contributed by atoms with E-state index < -0.39 is 0 Å². The lowest BCUT2D eigenvalue weighted by molar-refractivity contribution is -0.132. The molecule has 2 fully saturated rings. The summed E-state index contributed by atoms with van der Waals surface area (Å²) in [5, 5.41) is 0. The molecule has 0 aromatic heterocycles. The number of likely N-dealkylation sites (tertiary alicyclic amines) is 1. The van der Waals surface area contributed by atoms with Crippen LogP contribution in [0, 0.1) is 5.41 Å². The van der Waals surface area contributed by atoms with Crippen molar-refractivity contribution < 1.29 is 4.79 Å². The summed E-state index contributed by atoms with van der Waals surface area (Å²) >= 11 is 0. The number of carbonyl (C=O) groups is 1. The molecule has 13 heavy (non-hydrogen) atoms. The number of nitrogens with two attached hydrogens (primary N) is 1. The maximum absolute atomic E-state index is 11.7. The molecule has 0 unspecified atom stereocenters. The van der Waals surface area contributed by atoms with E-state index >= 15 is 0 Å². The van der Waals surface area contributed by atoms with Gasteiger partial charge in [0.15, 0.2) is 0 Å². The minimum Gasteiger partial charge on any atom is -0.338 e. The zero-order valence-electron chi connectivity index (χ0n) is 8.42. The van der Waals surface area contributed by atoms with Gasteiger partial charge < -0.3 is 10.6 Å². The molecule has 74 valence electrons. The van der Waals surface area contributed by atoms with Crippen molar-refractivity contribution in [1.82, 2.24) is 4.90 Å². The van der Waals surface area contributed by atoms with Crippen molar-refractivity contribution in [2.75, 3.05) is 6.54 Å². The van der Waals surface area contributed by atoms with Crippen LogP contribution in [0.25, 0.3) is 0 Å². The van der Waals surface area contributed by atoms with Crippen LogP contribution in [0.1, 0.15) is 33.1 Å². The molecule has 2 atom stereocenters. The monoisotopic (exact) mass is 182 g/mol. The highest BCUT2D eigenvalue weighted by Gasteiger charge is 2.51. The molecule has 1 heterocycles. The van der Waals surface area contributed by atoms with Gasteiger partial charge in [-0.15, -0.1) is 0 Å². The largest absolute Gasteiger partial charge is 0.338 e. The Morgan fingerprint density at radius 3 is 2.62 bits per heavy atom. The summed E-state index contributed by atoms with van der Waals surface area (Å²) < 4.78 is 0. The maximum Gasteiger partial charge on any atom is 0.239 e. The molecule has 1 aliphatic carbocycles. The highest BCUT2D eigenvalue weighted by Crippen LogP contribution is 2.54. The first-order valence-electron chi connectivity index (χ1n) is 5.10. The molecule has 3 heteroatoms. The molecule has 0 aromatic carbocycles. The molecule has 1 saturated heterocycles. The Labute approximate surface area is 79.3 Å². The van der Waals surface area contributed by atoms with Gasteiger partial charge in [0, 0.05) is 12.6 Å². The van der Waals surface area contributed by atoms with Gasteiger partial charge in [-0.25, -0.2) is 0 Å². The van der Waals surface area contributed by atoms with Crippen LogP contribution in [0.2, 0.25) is 0 Å². The summed E-state index contributed by atoms with van der Waals surface area (Å²) in [6.45, 7) is 4.86. The third-order valence-electron chi connectivity index (χ3n) is 3.40. The van der Waals surface area contributed by atoms with Gasteiger partial charge in [-0.3, -0.25) is 4.79 Å². The van der Waals surface area contributed by atoms with Gasteiger partial charge >= 0.3 is 0 Å². The fourth-order valence-electron chi connectivity index (χ4n) is 2.41. The van der Waals surface area contributed by atoms with Crippen LogP contribution in [0.5, 0.6) is 0 Å². The van der Waals surface area contributed by atoms with Crippen molar-refractivity contribution >= 4 is 5.91 Å². The minimum absolute atomic E-state index is 0.122. The van der Waals surface area contributed by atoms with E-state index in [4.69, 9.17) is 5.73 Å². The molecule has 1 amide bonds. The van der Waals surface area contributed by atoms with Gasteiger partial charge in [0.05, 0.1) is 6.04 Å². The van der Waals surface area contributed by atoms with Crippen LogP contribution >= 0.6 is 0 Å². The number of amides is 1. The maximum atomic E-state index is 11.7. The fourth-order valence-corrected chi connectivity index (χ4v) is 2.41. The Kier molecular flexibility index (Phi) is 1.88. The van der Waals surface area contributed by atoms with Gasteiger partial charge in [0.1, 0.15) is 0 Å². The number of rotatable bonds is 1. The minimum atomic E-state index is -0.337. The van der Waals surface area contributed by atoms with Crippen molar-refractivity contribution in [3.63, 3.8) is 0 Å². The second-order valence-corrected chi connectivity index (χ2v) is 4.81. The molecule has 0 radical (unpaired) electrons. The Balaban J connectivity index is 2.04. The summed E-state index contributed by atoms with van der Waals surface area (Å²) in [5.74, 6) is 0.122. The Morgan fingerprint density at radius 2 is 2.23 bits per heavy atom. The number of nitrogens with zero attached hydrogens (tertiary/aromatic N) is 1. The Hall–Kier alpha value is -0.570. The van der Waals surface area contributed by atoms with E-state index in [-0.39, 0.29) is 11.9 Å². The normalized spacial score (nSPS) is 32.2. The van der Waals surface area contributed by atoms with Gasteiger partial charge in [-0.05, 0) is 38.5 Å². The van der Waals surface area contributed by atoms with Crippen LogP contribution < -0.4 is 5.73 Å². The summed E-state index contributed by atoms with van der Waals surface area (Å²) in [6, 6.07) is 0.0670. The molecule has 1 saturated carbocycles. The van der Waals surface area contributed by atoms with E-state index in [1.54, 1.807) is 6.92 Å². The number of hydrogen-bond acceptors (Lipinski definition) is 2. The van der Waals surface area contributed by atoms with Crippen molar-refractivity contribution in [1.29, 1.82) is 0 Å². The van der Waals surface area contributed by atoms with Gasteiger partial charge in [-0.1, -0.05) is 0 Å². The molecule has 2 N–H and O–H groups in total. The molecule has 1 spiro atoms. The summed E-state index contributed by atoms with van der Waals surface area (Å²) in [7, 11) is 0. The molecular weight excluding hydrogens is 164 g/mol. The lowest BCUT2D eigenvalue weighted by atomic mass is 10.0. The van der Waals surface area contributed by atoms with Crippen LogP contribution in [-0.2, 0) is 4.79 Å². The summed E-state index contributed by atoms with van der Waals surface area (Å²) in [4.78, 5) is 13.6. The highest BCUT2D eigenvalue weighted by molar-refractivity contribution is 5.81. The molecule has 1 aliphatic heterocycles. The summed E-state index contributed by atoms with van der Waals surface area (Å²) in [5.41, 5.74) is 6.10. The zero-order chi connectivity index (χ0) is 9.64. The van der Waals surface area contributed by atoms with Gasteiger partial charge in [-0.2, -0.15) is 0 Å². The number of carbonyl (C=O) groups excluding carboxylic acids is 1. The first-order valence-corrected chi connectivity index (χ1v) is 5.10. The second-order valence-electron chi connectivity index (χ2n) is 4.81. The van der Waals surface area contributed by atoms with Gasteiger partial charge in [0.2, 0.25) is 5.91 Å². The predicted molar refractivity (Wildman–Crippen MR) is 51.1 cm³/mol. The SMILES string of the molecule is C[C@@H]1CC2(CC2)CN1C(=O)[C@@H](C)N. The third-order valence-corrected chi connectivity index (χ3v) is 3.40. The highest BCUT2D eigenvalue weighted by atomic mass is 16.2. The first kappa shape index (κ1) is 9.00. The topological polar surface area (TPSA) is 46.3 Å². The van der Waals surface area contributed by atoms with E-state index in [0.717, 1.165) is 6.54 Å². The Morgan fingerprint density at radius 1 is 1.62 bits per heavy atom. The van der Waals surface area contributed by atoms with Crippen molar-refractivity contribution in [2.24, 2.45) is 11.1 Å². The van der Waals surface area contributed by atoms with E-state index in [2.05, 4.69) is 6.92 Å². The second kappa shape index (κ2) is 2.71. The molecule has 0 bridgehead atoms. The lowest BCUT2D eigenvalue weighted by Crippen LogP contribution is -2.43. The van der Waals surface area contributed by atoms with Crippen molar-refractivity contribution in [3.05, 3.63) is 0 Å². The average molecular weight is 182 g/mol. The molecule has 3 nitrogen and oxygen atoms in total. The predicted octanol–water partition coefficient (Wildman–Crippen LogP) is 0.735. The zero-order valence-corrected chi connectivity index (χ0v) is 8.42. The quantitative estimate of drug-likeness (QED) is 0.650. The van der Waals surface area contributed by atoms with E-state index in [0.29, 0.717) is 11.5 Å². The average Bonchev–Trinajstić information content (AvgIpc) is 2.70. The molecule has 2 rings (SSSR count). The molecule has 2 aliphatic rings. The molecular formula is C10H18N2O. The first-order chi connectivity index (χ1) is 6.04. The van der Waals surface area contributed by atoms with Crippen molar-refractivity contribution in [2.45, 2.75) is 45.2 Å². The third kappa shape index (κ3) is 1.46. The van der Waals surface area contributed by atoms with Crippen LogP contribution in [-0.4, -0.2) is 29.4 Å². The fraction of sp³-hybridized carbons (Fsp3) is 0.900. The Bertz CT molecular complexity index is 233. The van der Waals surface area contributed by atoms with Gasteiger partial charge in [0.25, 0.3) is 0 Å². The van der Waals surface area contributed by atoms with E-state index in [1.807, 2.05) is 4.90 Å². The van der Waals surface area contributed by atoms with E-state index in [1.165, 1.54) is 19.3 Å². The number of hydrogen-bond donors (Lipinski definition) is 1. The van der Waals surface area contributed by atoms with Crippen LogP contribution in [0.4, 0.5) is 0 Å². The standard InChI is InChI=1S/C10H18N2O/c1-7-5-10(3-4-10)6-12(7)9(13)8(2)11/h7-8H,3-6,11H2,1-2H3/t7-,8-/m1/s1. The lowest BCUT2D eigenvalue weighted by Gasteiger charge is -2.23. The van der Waals surface area contributed by atoms with Crippen molar-refractivity contribution in [3.8, 4) is 0 Å². The smallest absolute Gasteiger partial charge is 0.239 e. The molecule has 0 aromatic rings. The summed E-state index contributed by atoms with van der Waals surface area (Å²) in [6.07, 6.45) is 3.80. The van der Waals surface area contributed by atoms with E-state index in [9.17, 15) is 4.79 Å².